The molecule has 56 valence electrons. The Hall–Kier alpha value is -1.01. The van der Waals surface area contributed by atoms with Crippen LogP contribution in [0.5, 0.6) is 0 Å². The molecule has 0 saturated carbocycles. The van der Waals surface area contributed by atoms with E-state index in [-0.39, 0.29) is 6.54 Å². The van der Waals surface area contributed by atoms with Gasteiger partial charge in [-0.05, 0) is 13.8 Å². The molecule has 0 aromatic rings. The molecule has 0 heterocycles. The highest BCUT2D eigenvalue weighted by molar-refractivity contribution is 5.84. The van der Waals surface area contributed by atoms with Gasteiger partial charge in [-0.15, -0.1) is 6.42 Å². The van der Waals surface area contributed by atoms with Crippen molar-refractivity contribution in [2.45, 2.75) is 19.4 Å². The summed E-state index contributed by atoms with van der Waals surface area (Å²) in [5.74, 6) is 1.77. The van der Waals surface area contributed by atoms with E-state index in [1.807, 2.05) is 0 Å². The lowest BCUT2D eigenvalue weighted by Crippen LogP contribution is -2.41. The first-order chi connectivity index (χ1) is 4.48. The molecule has 0 saturated heterocycles. The highest BCUT2D eigenvalue weighted by Gasteiger charge is 2.22. The average molecular weight is 141 g/mol. The van der Waals surface area contributed by atoms with Crippen LogP contribution in [0, 0.1) is 12.3 Å². The van der Waals surface area contributed by atoms with Crippen LogP contribution in [0.25, 0.3) is 0 Å². The third kappa shape index (κ3) is 3.10. The molecule has 0 aromatic heterocycles. The molecule has 0 bridgehead atoms. The van der Waals surface area contributed by atoms with Crippen molar-refractivity contribution in [2.75, 3.05) is 6.54 Å². The Bertz CT molecular complexity index is 161. The van der Waals surface area contributed by atoms with Crippen LogP contribution in [0.1, 0.15) is 13.8 Å². The number of terminal acetylenes is 1. The lowest BCUT2D eigenvalue weighted by atomic mass is 10.1. The number of nitrogens with one attached hydrogen (secondary N) is 1. The summed E-state index contributed by atoms with van der Waals surface area (Å²) in [6, 6.07) is 0. The van der Waals surface area contributed by atoms with Crippen molar-refractivity contribution in [3.8, 4) is 12.3 Å². The second-order valence-corrected chi connectivity index (χ2v) is 2.45. The lowest BCUT2D eigenvalue weighted by molar-refractivity contribution is -0.136. The van der Waals surface area contributed by atoms with Gasteiger partial charge < -0.3 is 10.4 Å². The van der Waals surface area contributed by atoms with Gasteiger partial charge in [-0.3, -0.25) is 4.79 Å². The first-order valence-corrected chi connectivity index (χ1v) is 2.92. The van der Waals surface area contributed by atoms with E-state index in [2.05, 4.69) is 11.2 Å². The van der Waals surface area contributed by atoms with Gasteiger partial charge in [-0.1, -0.05) is 5.92 Å². The molecule has 0 fully saturated rings. The van der Waals surface area contributed by atoms with Crippen LogP contribution in [0.3, 0.4) is 0 Å². The fraction of sp³-hybridized carbons (Fsp3) is 0.571. The van der Waals surface area contributed by atoms with Crippen molar-refractivity contribution in [1.29, 1.82) is 0 Å². The van der Waals surface area contributed by atoms with E-state index >= 15 is 0 Å². The number of carbonyl (C=O) groups excluding carboxylic acids is 1. The highest BCUT2D eigenvalue weighted by atomic mass is 16.3. The number of aliphatic hydroxyl groups is 1. The highest BCUT2D eigenvalue weighted by Crippen LogP contribution is 1.98. The molecule has 1 amide bonds. The second-order valence-electron chi connectivity index (χ2n) is 2.45. The third-order valence-electron chi connectivity index (χ3n) is 0.907. The lowest BCUT2D eigenvalue weighted by Gasteiger charge is -2.14. The van der Waals surface area contributed by atoms with Gasteiger partial charge in [0.15, 0.2) is 0 Å². The van der Waals surface area contributed by atoms with E-state index in [0.29, 0.717) is 0 Å². The van der Waals surface area contributed by atoms with E-state index in [4.69, 9.17) is 11.5 Å². The minimum atomic E-state index is -1.34. The molecule has 0 aromatic carbocycles. The molecule has 3 heteroatoms. The number of carbonyl (C=O) groups is 1. The molecular formula is C7H11NO2. The summed E-state index contributed by atoms with van der Waals surface area (Å²) >= 11 is 0. The summed E-state index contributed by atoms with van der Waals surface area (Å²) in [7, 11) is 0. The van der Waals surface area contributed by atoms with Crippen molar-refractivity contribution in [3.05, 3.63) is 0 Å². The first-order valence-electron chi connectivity index (χ1n) is 2.92. The Kier molecular flexibility index (Phi) is 2.91. The molecule has 0 aliphatic rings. The smallest absolute Gasteiger partial charge is 0.252 e. The van der Waals surface area contributed by atoms with E-state index in [9.17, 15) is 4.79 Å². The molecule has 10 heavy (non-hydrogen) atoms. The van der Waals surface area contributed by atoms with E-state index in [0.717, 1.165) is 0 Å². The number of hydrogen-bond acceptors (Lipinski definition) is 2. The molecular weight excluding hydrogens is 130 g/mol. The van der Waals surface area contributed by atoms with Gasteiger partial charge in [0.1, 0.15) is 5.60 Å². The molecule has 0 radical (unpaired) electrons. The van der Waals surface area contributed by atoms with Gasteiger partial charge in [0.05, 0.1) is 6.54 Å². The maximum absolute atomic E-state index is 10.8. The third-order valence-corrected chi connectivity index (χ3v) is 0.907. The van der Waals surface area contributed by atoms with Gasteiger partial charge in [0.2, 0.25) is 0 Å². The van der Waals surface area contributed by atoms with Crippen LogP contribution < -0.4 is 5.32 Å². The van der Waals surface area contributed by atoms with Crippen LogP contribution >= 0.6 is 0 Å². The van der Waals surface area contributed by atoms with Crippen LogP contribution in [-0.2, 0) is 4.79 Å². The van der Waals surface area contributed by atoms with Gasteiger partial charge in [0.25, 0.3) is 5.91 Å². The zero-order valence-electron chi connectivity index (χ0n) is 6.14. The summed E-state index contributed by atoms with van der Waals surface area (Å²) in [4.78, 5) is 10.8. The van der Waals surface area contributed by atoms with E-state index in [1.165, 1.54) is 13.8 Å². The maximum Gasteiger partial charge on any atom is 0.252 e. The molecule has 2 N–H and O–H groups in total. The number of rotatable bonds is 2. The monoisotopic (exact) mass is 141 g/mol. The largest absolute Gasteiger partial charge is 0.381 e. The zero-order valence-corrected chi connectivity index (χ0v) is 6.14. The Morgan fingerprint density at radius 3 is 2.60 bits per heavy atom. The quantitative estimate of drug-likeness (QED) is 0.510. The summed E-state index contributed by atoms with van der Waals surface area (Å²) in [6.07, 6.45) is 4.87. The van der Waals surface area contributed by atoms with Crippen molar-refractivity contribution in [3.63, 3.8) is 0 Å². The normalized spacial score (nSPS) is 10.2. The summed E-state index contributed by atoms with van der Waals surface area (Å²) in [6.45, 7) is 2.96. The van der Waals surface area contributed by atoms with Gasteiger partial charge in [0, 0.05) is 0 Å². The van der Waals surface area contributed by atoms with Crippen LogP contribution in [-0.4, -0.2) is 23.2 Å². The summed E-state index contributed by atoms with van der Waals surface area (Å²) in [5.41, 5.74) is -1.34. The molecule has 0 aliphatic heterocycles. The molecule has 0 unspecified atom stereocenters. The Morgan fingerprint density at radius 1 is 1.80 bits per heavy atom. The van der Waals surface area contributed by atoms with Crippen LogP contribution in [0.15, 0.2) is 0 Å². The molecule has 0 atom stereocenters. The van der Waals surface area contributed by atoms with Gasteiger partial charge in [-0.2, -0.15) is 0 Å². The number of amides is 1. The SMILES string of the molecule is C#CCNC(=O)C(C)(C)O. The Balaban J connectivity index is 3.78. The predicted octanol–water partition coefficient (Wildman–Crippen LogP) is -0.493. The van der Waals surface area contributed by atoms with Crippen LogP contribution in [0.4, 0.5) is 0 Å². The Labute approximate surface area is 60.4 Å². The topological polar surface area (TPSA) is 49.3 Å². The first kappa shape index (κ1) is 8.99. The van der Waals surface area contributed by atoms with Crippen molar-refractivity contribution < 1.29 is 9.90 Å². The molecule has 0 aliphatic carbocycles. The zero-order chi connectivity index (χ0) is 8.20. The van der Waals surface area contributed by atoms with E-state index < -0.39 is 11.5 Å². The minimum absolute atomic E-state index is 0.156. The predicted molar refractivity (Wildman–Crippen MR) is 38.1 cm³/mol. The maximum atomic E-state index is 10.8. The molecule has 0 rings (SSSR count). The van der Waals surface area contributed by atoms with Gasteiger partial charge in [-0.25, -0.2) is 0 Å². The molecule has 0 spiro atoms. The molecule has 3 nitrogen and oxygen atoms in total. The summed E-state index contributed by atoms with van der Waals surface area (Å²) < 4.78 is 0. The Morgan fingerprint density at radius 2 is 2.30 bits per heavy atom. The number of hydrogen-bond donors (Lipinski definition) is 2. The van der Waals surface area contributed by atoms with E-state index in [1.54, 1.807) is 0 Å². The minimum Gasteiger partial charge on any atom is -0.381 e. The van der Waals surface area contributed by atoms with Crippen LogP contribution in [0.2, 0.25) is 0 Å². The van der Waals surface area contributed by atoms with Gasteiger partial charge >= 0.3 is 0 Å². The standard InChI is InChI=1S/C7H11NO2/c1-4-5-8-6(9)7(2,3)10/h1,10H,5H2,2-3H3,(H,8,9). The van der Waals surface area contributed by atoms with Crippen molar-refractivity contribution >= 4 is 5.91 Å². The summed E-state index contributed by atoms with van der Waals surface area (Å²) in [5, 5.41) is 11.4. The van der Waals surface area contributed by atoms with Crippen molar-refractivity contribution in [2.24, 2.45) is 0 Å². The average Bonchev–Trinajstić information content (AvgIpc) is 1.80. The second kappa shape index (κ2) is 3.23. The van der Waals surface area contributed by atoms with Crippen molar-refractivity contribution in [1.82, 2.24) is 5.32 Å². The fourth-order valence-corrected chi connectivity index (χ4v) is 0.348. The fourth-order valence-electron chi connectivity index (χ4n) is 0.348.